The molecule has 0 bridgehead atoms. The number of nitrogens with two attached hydrogens (primary N) is 1. The van der Waals surface area contributed by atoms with Crippen molar-refractivity contribution in [2.24, 2.45) is 0 Å². The molecule has 104 valence electrons. The van der Waals surface area contributed by atoms with Gasteiger partial charge in [-0.3, -0.25) is 4.79 Å². The molecule has 1 amide bonds. The molecule has 0 radical (unpaired) electrons. The van der Waals surface area contributed by atoms with Gasteiger partial charge in [0.05, 0.1) is 12.0 Å². The zero-order valence-corrected chi connectivity index (χ0v) is 12.5. The largest absolute Gasteiger partial charge is 0.462 e. The quantitative estimate of drug-likeness (QED) is 0.640. The predicted octanol–water partition coefficient (Wildman–Crippen LogP) is 2.10. The molecule has 1 rings (SSSR count). The summed E-state index contributed by atoms with van der Waals surface area (Å²) in [6, 6.07) is 4.89. The Hall–Kier alpha value is -1.56. The summed E-state index contributed by atoms with van der Waals surface area (Å²) in [6.45, 7) is 3.79. The van der Waals surface area contributed by atoms with Crippen LogP contribution in [-0.2, 0) is 9.53 Å². The van der Waals surface area contributed by atoms with Gasteiger partial charge in [0.25, 0.3) is 0 Å². The Labute approximate surface area is 120 Å². The second-order valence-electron chi connectivity index (χ2n) is 4.34. The molecule has 1 aromatic carbocycles. The van der Waals surface area contributed by atoms with E-state index < -0.39 is 5.97 Å². The average Bonchev–Trinajstić information content (AvgIpc) is 2.31. The van der Waals surface area contributed by atoms with E-state index in [1.807, 2.05) is 13.8 Å². The molecule has 6 heteroatoms. The second kappa shape index (κ2) is 7.13. The molecule has 0 aromatic heterocycles. The molecule has 19 heavy (non-hydrogen) atoms. The van der Waals surface area contributed by atoms with Gasteiger partial charge in [0.15, 0.2) is 0 Å². The van der Waals surface area contributed by atoms with Gasteiger partial charge in [-0.1, -0.05) is 0 Å². The monoisotopic (exact) mass is 328 g/mol. The van der Waals surface area contributed by atoms with Crippen LogP contribution >= 0.6 is 15.9 Å². The van der Waals surface area contributed by atoms with Crippen molar-refractivity contribution < 1.29 is 14.3 Å². The fraction of sp³-hybridized carbons (Fsp3) is 0.385. The van der Waals surface area contributed by atoms with Crippen LogP contribution < -0.4 is 11.1 Å². The maximum Gasteiger partial charge on any atom is 0.338 e. The summed E-state index contributed by atoms with van der Waals surface area (Å²) < 4.78 is 5.73. The Morgan fingerprint density at radius 1 is 1.42 bits per heavy atom. The first-order valence-corrected chi connectivity index (χ1v) is 6.71. The third kappa shape index (κ3) is 5.30. The molecule has 5 nitrogen and oxygen atoms in total. The van der Waals surface area contributed by atoms with Crippen molar-refractivity contribution in [1.82, 2.24) is 5.32 Å². The van der Waals surface area contributed by atoms with Crippen molar-refractivity contribution in [2.75, 3.05) is 12.3 Å². The molecular weight excluding hydrogens is 312 g/mol. The summed E-state index contributed by atoms with van der Waals surface area (Å²) in [5.74, 6) is -0.630. The first-order valence-electron chi connectivity index (χ1n) is 5.91. The summed E-state index contributed by atoms with van der Waals surface area (Å²) in [4.78, 5) is 23.0. The number of benzene rings is 1. The highest BCUT2D eigenvalue weighted by atomic mass is 79.9. The van der Waals surface area contributed by atoms with Crippen LogP contribution in [0.5, 0.6) is 0 Å². The number of hydrogen-bond acceptors (Lipinski definition) is 4. The fourth-order valence-electron chi connectivity index (χ4n) is 1.38. The Balaban J connectivity index is 2.43. The minimum absolute atomic E-state index is 0.0490. The van der Waals surface area contributed by atoms with Crippen molar-refractivity contribution in [3.8, 4) is 0 Å². The summed E-state index contributed by atoms with van der Waals surface area (Å²) >= 11 is 3.24. The van der Waals surface area contributed by atoms with E-state index in [1.54, 1.807) is 12.1 Å². The van der Waals surface area contributed by atoms with Gasteiger partial charge in [0.2, 0.25) is 5.91 Å². The molecule has 0 saturated heterocycles. The minimum atomic E-state index is -0.489. The zero-order valence-electron chi connectivity index (χ0n) is 10.9. The van der Waals surface area contributed by atoms with Gasteiger partial charge in [0.1, 0.15) is 6.61 Å². The lowest BCUT2D eigenvalue weighted by molar-refractivity contribution is -0.122. The maximum absolute atomic E-state index is 11.7. The number of ether oxygens (including phenoxy) is 1. The molecule has 0 aliphatic rings. The molecule has 1 aromatic rings. The van der Waals surface area contributed by atoms with E-state index in [-0.39, 0.29) is 25.0 Å². The van der Waals surface area contributed by atoms with Gasteiger partial charge >= 0.3 is 5.97 Å². The van der Waals surface area contributed by atoms with Crippen molar-refractivity contribution in [1.29, 1.82) is 0 Å². The number of esters is 1. The third-order valence-corrected chi connectivity index (χ3v) is 2.97. The highest BCUT2D eigenvalue weighted by molar-refractivity contribution is 9.10. The highest BCUT2D eigenvalue weighted by Gasteiger charge is 2.10. The van der Waals surface area contributed by atoms with Crippen molar-refractivity contribution in [3.63, 3.8) is 0 Å². The van der Waals surface area contributed by atoms with E-state index >= 15 is 0 Å². The summed E-state index contributed by atoms with van der Waals surface area (Å²) in [6.07, 6.45) is 0.149. The predicted molar refractivity (Wildman–Crippen MR) is 76.7 cm³/mol. The SMILES string of the molecule is CC(C)NC(=O)CCOC(=O)c1ccc(Br)c(N)c1. The summed E-state index contributed by atoms with van der Waals surface area (Å²) in [7, 11) is 0. The lowest BCUT2D eigenvalue weighted by atomic mass is 10.2. The molecule has 0 heterocycles. The lowest BCUT2D eigenvalue weighted by Crippen LogP contribution is -2.31. The number of carbonyl (C=O) groups is 2. The molecular formula is C13H17BrN2O3. The molecule has 0 saturated carbocycles. The van der Waals surface area contributed by atoms with Gasteiger partial charge in [0, 0.05) is 16.2 Å². The van der Waals surface area contributed by atoms with Crippen molar-refractivity contribution in [3.05, 3.63) is 28.2 Å². The normalized spacial score (nSPS) is 10.3. The van der Waals surface area contributed by atoms with Crippen LogP contribution in [0.3, 0.4) is 0 Å². The van der Waals surface area contributed by atoms with Crippen molar-refractivity contribution in [2.45, 2.75) is 26.3 Å². The second-order valence-corrected chi connectivity index (χ2v) is 5.20. The number of rotatable bonds is 5. The van der Waals surface area contributed by atoms with Crippen LogP contribution in [0.25, 0.3) is 0 Å². The number of hydrogen-bond donors (Lipinski definition) is 2. The van der Waals surface area contributed by atoms with Gasteiger partial charge in [-0.05, 0) is 48.0 Å². The van der Waals surface area contributed by atoms with Crippen LogP contribution in [0.4, 0.5) is 5.69 Å². The zero-order chi connectivity index (χ0) is 14.4. The standard InChI is InChI=1S/C13H17BrN2O3/c1-8(2)16-12(17)5-6-19-13(18)9-3-4-10(14)11(15)7-9/h3-4,7-8H,5-6,15H2,1-2H3,(H,16,17). The van der Waals surface area contributed by atoms with E-state index in [4.69, 9.17) is 10.5 Å². The highest BCUT2D eigenvalue weighted by Crippen LogP contribution is 2.20. The molecule has 3 N–H and O–H groups in total. The Kier molecular flexibility index (Phi) is 5.82. The van der Waals surface area contributed by atoms with Gasteiger partial charge in [-0.25, -0.2) is 4.79 Å². The van der Waals surface area contributed by atoms with E-state index in [0.29, 0.717) is 11.3 Å². The smallest absolute Gasteiger partial charge is 0.338 e. The number of carbonyl (C=O) groups excluding carboxylic acids is 2. The molecule has 0 aliphatic carbocycles. The Bertz CT molecular complexity index is 475. The molecule has 0 fully saturated rings. The summed E-state index contributed by atoms with van der Waals surface area (Å²) in [5, 5.41) is 2.72. The molecule has 0 unspecified atom stereocenters. The van der Waals surface area contributed by atoms with Crippen LogP contribution in [0.2, 0.25) is 0 Å². The summed E-state index contributed by atoms with van der Waals surface area (Å²) in [5.41, 5.74) is 6.50. The first-order chi connectivity index (χ1) is 8.90. The van der Waals surface area contributed by atoms with Crippen LogP contribution in [0.1, 0.15) is 30.6 Å². The average molecular weight is 329 g/mol. The number of nitrogen functional groups attached to an aromatic ring is 1. The van der Waals surface area contributed by atoms with E-state index in [1.165, 1.54) is 6.07 Å². The van der Waals surface area contributed by atoms with Gasteiger partial charge in [-0.2, -0.15) is 0 Å². The number of nitrogens with one attached hydrogen (secondary N) is 1. The van der Waals surface area contributed by atoms with Crippen LogP contribution in [0.15, 0.2) is 22.7 Å². The van der Waals surface area contributed by atoms with E-state index in [0.717, 1.165) is 4.47 Å². The lowest BCUT2D eigenvalue weighted by Gasteiger charge is -2.09. The van der Waals surface area contributed by atoms with E-state index in [9.17, 15) is 9.59 Å². The Morgan fingerprint density at radius 2 is 2.11 bits per heavy atom. The fourth-order valence-corrected chi connectivity index (χ4v) is 1.63. The van der Waals surface area contributed by atoms with Gasteiger partial charge in [-0.15, -0.1) is 0 Å². The third-order valence-electron chi connectivity index (χ3n) is 2.24. The molecule has 0 aliphatic heterocycles. The van der Waals surface area contributed by atoms with Crippen LogP contribution in [0, 0.1) is 0 Å². The number of amides is 1. The molecule has 0 spiro atoms. The topological polar surface area (TPSA) is 81.4 Å². The first kappa shape index (κ1) is 15.5. The minimum Gasteiger partial charge on any atom is -0.462 e. The Morgan fingerprint density at radius 3 is 2.68 bits per heavy atom. The molecule has 0 atom stereocenters. The number of halogens is 1. The van der Waals surface area contributed by atoms with E-state index in [2.05, 4.69) is 21.2 Å². The van der Waals surface area contributed by atoms with Crippen LogP contribution in [-0.4, -0.2) is 24.5 Å². The maximum atomic E-state index is 11.7. The van der Waals surface area contributed by atoms with Gasteiger partial charge < -0.3 is 15.8 Å². The number of anilines is 1. The van der Waals surface area contributed by atoms with Crippen molar-refractivity contribution >= 4 is 33.5 Å².